The van der Waals surface area contributed by atoms with Crippen LogP contribution in [0, 0.1) is 5.82 Å². The van der Waals surface area contributed by atoms with Gasteiger partial charge >= 0.3 is 0 Å². The minimum Gasteiger partial charge on any atom is -0.300 e. The Morgan fingerprint density at radius 1 is 1.33 bits per heavy atom. The molecule has 92 valence electrons. The van der Waals surface area contributed by atoms with Gasteiger partial charge in [-0.3, -0.25) is 10.1 Å². The molecule has 3 rings (SSSR count). The van der Waals surface area contributed by atoms with Gasteiger partial charge in [-0.1, -0.05) is 23.5 Å². The van der Waals surface area contributed by atoms with Crippen molar-refractivity contribution >= 4 is 22.4 Å². The van der Waals surface area contributed by atoms with Gasteiger partial charge in [0.1, 0.15) is 11.3 Å². The lowest BCUT2D eigenvalue weighted by Gasteiger charge is -2.14. The Balaban J connectivity index is 1.82. The van der Waals surface area contributed by atoms with Gasteiger partial charge in [-0.25, -0.2) is 4.39 Å². The Morgan fingerprint density at radius 3 is 2.61 bits per heavy atom. The SMILES string of the molecule is O=C(Nc1nncs1)C1(c2ccc(F)cc2)CC1. The molecule has 0 radical (unpaired) electrons. The second-order valence-electron chi connectivity index (χ2n) is 4.29. The van der Waals surface area contributed by atoms with E-state index in [1.54, 1.807) is 17.6 Å². The molecule has 0 saturated heterocycles. The van der Waals surface area contributed by atoms with Crippen molar-refractivity contribution in [2.45, 2.75) is 18.3 Å². The second kappa shape index (κ2) is 4.13. The maximum atomic E-state index is 12.9. The van der Waals surface area contributed by atoms with E-state index in [0.29, 0.717) is 5.13 Å². The van der Waals surface area contributed by atoms with Crippen LogP contribution in [0.25, 0.3) is 0 Å². The molecular weight excluding hydrogens is 253 g/mol. The largest absolute Gasteiger partial charge is 0.300 e. The third-order valence-corrected chi connectivity index (χ3v) is 3.77. The van der Waals surface area contributed by atoms with Gasteiger partial charge in [-0.15, -0.1) is 10.2 Å². The molecule has 1 amide bonds. The quantitative estimate of drug-likeness (QED) is 0.924. The topological polar surface area (TPSA) is 54.9 Å². The van der Waals surface area contributed by atoms with Crippen LogP contribution in [0.5, 0.6) is 0 Å². The first kappa shape index (κ1) is 11.3. The summed E-state index contributed by atoms with van der Waals surface area (Å²) in [5.74, 6) is -0.384. The third-order valence-electron chi connectivity index (χ3n) is 3.16. The van der Waals surface area contributed by atoms with Crippen molar-refractivity contribution in [3.05, 3.63) is 41.2 Å². The summed E-state index contributed by atoms with van der Waals surface area (Å²) in [6.45, 7) is 0. The van der Waals surface area contributed by atoms with Gasteiger partial charge in [-0.2, -0.15) is 0 Å². The van der Waals surface area contributed by atoms with Gasteiger partial charge in [-0.05, 0) is 30.5 Å². The highest BCUT2D eigenvalue weighted by atomic mass is 32.1. The molecule has 1 aliphatic rings. The lowest BCUT2D eigenvalue weighted by Crippen LogP contribution is -2.27. The zero-order valence-corrected chi connectivity index (χ0v) is 10.2. The molecule has 1 N–H and O–H groups in total. The Bertz CT molecular complexity index is 564. The van der Waals surface area contributed by atoms with Crippen LogP contribution in [0.15, 0.2) is 29.8 Å². The highest BCUT2D eigenvalue weighted by Gasteiger charge is 2.51. The minimum absolute atomic E-state index is 0.0918. The standard InChI is InChI=1S/C12H10FN3OS/c13-9-3-1-8(2-4-9)12(5-6-12)10(17)15-11-16-14-7-18-11/h1-4,7H,5-6H2,(H,15,16,17). The molecule has 1 heterocycles. The Kier molecular flexibility index (Phi) is 2.59. The zero-order valence-electron chi connectivity index (χ0n) is 9.39. The molecule has 0 spiro atoms. The van der Waals surface area contributed by atoms with Crippen molar-refractivity contribution in [2.75, 3.05) is 5.32 Å². The normalized spacial score (nSPS) is 16.3. The van der Waals surface area contributed by atoms with Crippen molar-refractivity contribution < 1.29 is 9.18 Å². The van der Waals surface area contributed by atoms with Crippen LogP contribution in [-0.4, -0.2) is 16.1 Å². The van der Waals surface area contributed by atoms with Gasteiger partial charge in [0.05, 0.1) is 5.41 Å². The molecule has 4 nitrogen and oxygen atoms in total. The van der Waals surface area contributed by atoms with E-state index in [1.165, 1.54) is 23.5 Å². The number of nitrogens with one attached hydrogen (secondary N) is 1. The Hall–Kier alpha value is -1.82. The van der Waals surface area contributed by atoms with Gasteiger partial charge in [0, 0.05) is 0 Å². The minimum atomic E-state index is -0.515. The molecule has 2 aromatic rings. The number of hydrogen-bond acceptors (Lipinski definition) is 4. The van der Waals surface area contributed by atoms with Crippen LogP contribution in [-0.2, 0) is 10.2 Å². The lowest BCUT2D eigenvalue weighted by molar-refractivity contribution is -0.118. The van der Waals surface area contributed by atoms with E-state index >= 15 is 0 Å². The number of halogens is 1. The van der Waals surface area contributed by atoms with Gasteiger partial charge in [0.15, 0.2) is 0 Å². The summed E-state index contributed by atoms with van der Waals surface area (Å²) in [6, 6.07) is 6.10. The number of hydrogen-bond donors (Lipinski definition) is 1. The number of amides is 1. The van der Waals surface area contributed by atoms with E-state index in [0.717, 1.165) is 18.4 Å². The third kappa shape index (κ3) is 1.88. The van der Waals surface area contributed by atoms with Crippen LogP contribution in [0.2, 0.25) is 0 Å². The smallest absolute Gasteiger partial charge is 0.236 e. The molecule has 1 saturated carbocycles. The molecule has 0 bridgehead atoms. The fraction of sp³-hybridized carbons (Fsp3) is 0.250. The van der Waals surface area contributed by atoms with Crippen LogP contribution < -0.4 is 5.32 Å². The average Bonchev–Trinajstić information content (AvgIpc) is 3.03. The highest BCUT2D eigenvalue weighted by Crippen LogP contribution is 2.49. The summed E-state index contributed by atoms with van der Waals surface area (Å²) in [4.78, 5) is 12.2. The first-order valence-electron chi connectivity index (χ1n) is 5.54. The van der Waals surface area contributed by atoms with Gasteiger partial charge in [0.2, 0.25) is 11.0 Å². The number of carbonyl (C=O) groups excluding carboxylic acids is 1. The summed E-state index contributed by atoms with van der Waals surface area (Å²) in [7, 11) is 0. The molecule has 1 aliphatic carbocycles. The molecule has 1 aromatic carbocycles. The molecule has 0 unspecified atom stereocenters. The molecule has 0 atom stereocenters. The fourth-order valence-corrected chi connectivity index (χ4v) is 2.43. The van der Waals surface area contributed by atoms with E-state index in [2.05, 4.69) is 15.5 Å². The monoisotopic (exact) mass is 263 g/mol. The molecule has 1 aromatic heterocycles. The number of anilines is 1. The predicted octanol–water partition coefficient (Wildman–Crippen LogP) is 2.35. The van der Waals surface area contributed by atoms with Crippen LogP contribution >= 0.6 is 11.3 Å². The maximum absolute atomic E-state index is 12.9. The highest BCUT2D eigenvalue weighted by molar-refractivity contribution is 7.13. The number of benzene rings is 1. The van der Waals surface area contributed by atoms with Gasteiger partial charge < -0.3 is 0 Å². The van der Waals surface area contributed by atoms with E-state index in [-0.39, 0.29) is 11.7 Å². The van der Waals surface area contributed by atoms with E-state index in [9.17, 15) is 9.18 Å². The zero-order chi connectivity index (χ0) is 12.6. The van der Waals surface area contributed by atoms with Crippen LogP contribution in [0.3, 0.4) is 0 Å². The van der Waals surface area contributed by atoms with Gasteiger partial charge in [0.25, 0.3) is 0 Å². The Labute approximate surface area is 107 Å². The molecular formula is C12H10FN3OS. The van der Waals surface area contributed by atoms with Crippen molar-refractivity contribution in [2.24, 2.45) is 0 Å². The summed E-state index contributed by atoms with van der Waals surface area (Å²) in [5.41, 5.74) is 1.90. The molecule has 18 heavy (non-hydrogen) atoms. The van der Waals surface area contributed by atoms with Crippen LogP contribution in [0.4, 0.5) is 9.52 Å². The second-order valence-corrected chi connectivity index (χ2v) is 5.12. The van der Waals surface area contributed by atoms with Crippen LogP contribution in [0.1, 0.15) is 18.4 Å². The number of rotatable bonds is 3. The summed E-state index contributed by atoms with van der Waals surface area (Å²) < 4.78 is 12.9. The Morgan fingerprint density at radius 2 is 2.06 bits per heavy atom. The maximum Gasteiger partial charge on any atom is 0.236 e. The number of aromatic nitrogens is 2. The number of carbonyl (C=O) groups is 1. The van der Waals surface area contributed by atoms with E-state index < -0.39 is 5.41 Å². The lowest BCUT2D eigenvalue weighted by atomic mass is 9.95. The van der Waals surface area contributed by atoms with Crippen molar-refractivity contribution in [1.82, 2.24) is 10.2 Å². The molecule has 0 aliphatic heterocycles. The van der Waals surface area contributed by atoms with Crippen molar-refractivity contribution in [1.29, 1.82) is 0 Å². The predicted molar refractivity (Wildman–Crippen MR) is 65.9 cm³/mol. The summed E-state index contributed by atoms with van der Waals surface area (Å²) in [5, 5.41) is 10.7. The molecule has 1 fully saturated rings. The van der Waals surface area contributed by atoms with E-state index in [1.807, 2.05) is 0 Å². The summed E-state index contributed by atoms with van der Waals surface area (Å²) in [6.07, 6.45) is 1.56. The van der Waals surface area contributed by atoms with Crippen molar-refractivity contribution in [3.8, 4) is 0 Å². The first-order chi connectivity index (χ1) is 8.71. The van der Waals surface area contributed by atoms with Crippen molar-refractivity contribution in [3.63, 3.8) is 0 Å². The molecule has 6 heteroatoms. The van der Waals surface area contributed by atoms with E-state index in [4.69, 9.17) is 0 Å². The fourth-order valence-electron chi connectivity index (χ4n) is 1.99. The summed E-state index contributed by atoms with van der Waals surface area (Å²) >= 11 is 1.28. The number of nitrogens with zero attached hydrogens (tertiary/aromatic N) is 2. The average molecular weight is 263 g/mol. The first-order valence-corrected chi connectivity index (χ1v) is 6.42.